The molecule has 0 spiro atoms. The fourth-order valence-electron chi connectivity index (χ4n) is 2.73. The van der Waals surface area contributed by atoms with Crippen LogP contribution in [0.1, 0.15) is 58.1 Å². The third kappa shape index (κ3) is 4.03. The van der Waals surface area contributed by atoms with Crippen LogP contribution >= 0.6 is 0 Å². The first-order valence-electron chi connectivity index (χ1n) is 7.27. The number of hydrogen-bond acceptors (Lipinski definition) is 1. The quantitative estimate of drug-likeness (QED) is 0.618. The summed E-state index contributed by atoms with van der Waals surface area (Å²) in [6.45, 7) is 10.0. The van der Waals surface area contributed by atoms with Crippen LogP contribution < -0.4 is 0 Å². The van der Waals surface area contributed by atoms with Gasteiger partial charge in [0.15, 0.2) is 0 Å². The summed E-state index contributed by atoms with van der Waals surface area (Å²) in [5, 5.41) is 0. The van der Waals surface area contributed by atoms with Crippen molar-refractivity contribution in [1.82, 2.24) is 0 Å². The first kappa shape index (κ1) is 16.6. The van der Waals surface area contributed by atoms with Crippen molar-refractivity contribution in [3.8, 4) is 0 Å². The average molecular weight is 275 g/mol. The Balaban J connectivity index is 3.35. The summed E-state index contributed by atoms with van der Waals surface area (Å²) in [6, 6.07) is 8.10. The molecule has 1 nitrogen and oxygen atoms in total. The first-order chi connectivity index (χ1) is 9.38. The number of allylic oxidation sites excluding steroid dienone is 2. The van der Waals surface area contributed by atoms with Crippen molar-refractivity contribution in [1.29, 1.82) is 0 Å². The highest BCUT2D eigenvalue weighted by Crippen LogP contribution is 2.32. The highest BCUT2D eigenvalue weighted by molar-refractivity contribution is 6.23. The van der Waals surface area contributed by atoms with Crippen LogP contribution in [-0.2, 0) is 0 Å². The monoisotopic (exact) mass is 275 g/mol. The molecule has 1 atom stereocenters. The normalized spacial score (nSPS) is 15.3. The van der Waals surface area contributed by atoms with Crippen molar-refractivity contribution in [2.75, 3.05) is 7.05 Å². The maximum atomic E-state index is 14.0. The summed E-state index contributed by atoms with van der Waals surface area (Å²) in [7, 11) is 1.71. The molecule has 0 amide bonds. The van der Waals surface area contributed by atoms with E-state index in [1.165, 1.54) is 12.5 Å². The molecule has 0 saturated heterocycles. The molecule has 1 unspecified atom stereocenters. The second-order valence-corrected chi connectivity index (χ2v) is 5.84. The Morgan fingerprint density at radius 1 is 1.15 bits per heavy atom. The highest BCUT2D eigenvalue weighted by atomic mass is 19.1. The molecule has 0 bridgehead atoms. The number of benzene rings is 1. The molecule has 0 aliphatic rings. The van der Waals surface area contributed by atoms with Crippen LogP contribution in [0.15, 0.2) is 35.1 Å². The zero-order chi connectivity index (χ0) is 15.3. The van der Waals surface area contributed by atoms with Crippen LogP contribution in [-0.4, -0.2) is 12.8 Å². The van der Waals surface area contributed by atoms with E-state index in [-0.39, 0.29) is 5.83 Å². The summed E-state index contributed by atoms with van der Waals surface area (Å²) >= 11 is 0. The lowest BCUT2D eigenvalue weighted by molar-refractivity contribution is 0.523. The third-order valence-electron chi connectivity index (χ3n) is 3.63. The summed E-state index contributed by atoms with van der Waals surface area (Å²) in [6.07, 6.45) is 1.10. The summed E-state index contributed by atoms with van der Waals surface area (Å²) in [5.74, 6) is 0.861. The van der Waals surface area contributed by atoms with E-state index >= 15 is 0 Å². The molecule has 0 aromatic heterocycles. The van der Waals surface area contributed by atoms with Crippen LogP contribution in [0.3, 0.4) is 0 Å². The zero-order valence-electron chi connectivity index (χ0n) is 13.5. The van der Waals surface area contributed by atoms with E-state index in [0.717, 1.165) is 17.7 Å². The van der Waals surface area contributed by atoms with E-state index in [1.54, 1.807) is 7.05 Å². The van der Waals surface area contributed by atoms with Crippen molar-refractivity contribution >= 4 is 11.3 Å². The Morgan fingerprint density at radius 2 is 1.75 bits per heavy atom. The minimum absolute atomic E-state index is 0.169. The summed E-state index contributed by atoms with van der Waals surface area (Å²) in [5.41, 5.74) is 3.56. The van der Waals surface area contributed by atoms with Gasteiger partial charge in [-0.05, 0) is 43.2 Å². The van der Waals surface area contributed by atoms with Crippen LogP contribution in [0.4, 0.5) is 4.39 Å². The summed E-state index contributed by atoms with van der Waals surface area (Å²) in [4.78, 5) is 4.17. The molecule has 0 radical (unpaired) electrons. The molecule has 20 heavy (non-hydrogen) atoms. The standard InChI is InChI=1S/C18H26FN/c1-12(2)11-13(3)16-9-7-8-10-17(16)18(14(4)19)15(5)20-6/h7-10,12-13H,11H2,1-6H3/b18-14-,20-15?. The van der Waals surface area contributed by atoms with Crippen LogP contribution in [0.25, 0.3) is 5.57 Å². The molecular formula is C18H26FN. The van der Waals surface area contributed by atoms with Gasteiger partial charge in [0.2, 0.25) is 0 Å². The largest absolute Gasteiger partial charge is 0.293 e. The van der Waals surface area contributed by atoms with Crippen LogP contribution in [0.2, 0.25) is 0 Å². The van der Waals surface area contributed by atoms with Gasteiger partial charge in [-0.1, -0.05) is 45.0 Å². The van der Waals surface area contributed by atoms with Crippen LogP contribution in [0, 0.1) is 5.92 Å². The number of halogens is 1. The van der Waals surface area contributed by atoms with Crippen molar-refractivity contribution < 1.29 is 4.39 Å². The molecule has 0 N–H and O–H groups in total. The molecule has 1 aromatic carbocycles. The van der Waals surface area contributed by atoms with Gasteiger partial charge >= 0.3 is 0 Å². The first-order valence-corrected chi connectivity index (χ1v) is 7.27. The van der Waals surface area contributed by atoms with Crippen LogP contribution in [0.5, 0.6) is 0 Å². The highest BCUT2D eigenvalue weighted by Gasteiger charge is 2.17. The predicted octanol–water partition coefficient (Wildman–Crippen LogP) is 5.63. The molecule has 0 fully saturated rings. The van der Waals surface area contributed by atoms with E-state index in [1.807, 2.05) is 25.1 Å². The lowest BCUT2D eigenvalue weighted by Crippen LogP contribution is -2.06. The third-order valence-corrected chi connectivity index (χ3v) is 3.63. The maximum Gasteiger partial charge on any atom is 0.106 e. The van der Waals surface area contributed by atoms with Gasteiger partial charge in [-0.15, -0.1) is 0 Å². The molecule has 0 heterocycles. The van der Waals surface area contributed by atoms with Gasteiger partial charge in [0, 0.05) is 18.3 Å². The van der Waals surface area contributed by atoms with Gasteiger partial charge in [-0.25, -0.2) is 4.39 Å². The molecule has 0 aliphatic heterocycles. The molecule has 2 heteroatoms. The van der Waals surface area contributed by atoms with Crippen molar-refractivity contribution in [2.24, 2.45) is 10.9 Å². The van der Waals surface area contributed by atoms with Gasteiger partial charge in [0.1, 0.15) is 5.83 Å². The number of aliphatic imine (C=N–C) groups is 1. The maximum absolute atomic E-state index is 14.0. The Kier molecular flexibility index (Phi) is 6.12. The summed E-state index contributed by atoms with van der Waals surface area (Å²) < 4.78 is 14.0. The molecule has 110 valence electrons. The van der Waals surface area contributed by atoms with E-state index < -0.39 is 0 Å². The Labute approximate surface area is 122 Å². The van der Waals surface area contributed by atoms with Crippen molar-refractivity contribution in [2.45, 2.75) is 47.0 Å². The smallest absolute Gasteiger partial charge is 0.106 e. The number of nitrogens with zero attached hydrogens (tertiary/aromatic N) is 1. The van der Waals surface area contributed by atoms with Gasteiger partial charge in [0.05, 0.1) is 0 Å². The van der Waals surface area contributed by atoms with Gasteiger partial charge in [-0.3, -0.25) is 4.99 Å². The SMILES string of the molecule is CN=C(C)/C(=C(\C)F)c1ccccc1C(C)CC(C)C. The Hall–Kier alpha value is -1.44. The van der Waals surface area contributed by atoms with Crippen molar-refractivity contribution in [3.05, 3.63) is 41.2 Å². The molecule has 1 rings (SSSR count). The second kappa shape index (κ2) is 7.37. The van der Waals surface area contributed by atoms with E-state index in [4.69, 9.17) is 0 Å². The molecule has 0 saturated carbocycles. The van der Waals surface area contributed by atoms with E-state index in [9.17, 15) is 4.39 Å². The lowest BCUT2D eigenvalue weighted by Gasteiger charge is -2.20. The fourth-order valence-corrected chi connectivity index (χ4v) is 2.73. The topological polar surface area (TPSA) is 12.4 Å². The van der Waals surface area contributed by atoms with Gasteiger partial charge < -0.3 is 0 Å². The molecular weight excluding hydrogens is 249 g/mol. The minimum Gasteiger partial charge on any atom is -0.293 e. The lowest BCUT2D eigenvalue weighted by atomic mass is 9.85. The fraction of sp³-hybridized carbons (Fsp3) is 0.500. The number of rotatable bonds is 5. The number of hydrogen-bond donors (Lipinski definition) is 0. The zero-order valence-corrected chi connectivity index (χ0v) is 13.5. The van der Waals surface area contributed by atoms with E-state index in [0.29, 0.717) is 17.4 Å². The minimum atomic E-state index is -0.169. The molecule has 0 aliphatic carbocycles. The van der Waals surface area contributed by atoms with E-state index in [2.05, 4.69) is 31.8 Å². The van der Waals surface area contributed by atoms with Crippen molar-refractivity contribution in [3.63, 3.8) is 0 Å². The average Bonchev–Trinajstić information content (AvgIpc) is 2.38. The predicted molar refractivity (Wildman–Crippen MR) is 87.0 cm³/mol. The Morgan fingerprint density at radius 3 is 2.25 bits per heavy atom. The van der Waals surface area contributed by atoms with Gasteiger partial charge in [-0.2, -0.15) is 0 Å². The van der Waals surface area contributed by atoms with Gasteiger partial charge in [0.25, 0.3) is 0 Å². The Bertz CT molecular complexity index is 508. The molecule has 1 aromatic rings. The second-order valence-electron chi connectivity index (χ2n) is 5.84.